The second-order valence-corrected chi connectivity index (χ2v) is 6.96. The minimum atomic E-state index is -3.93. The number of carboxylic acid groups (broad SMARTS) is 1. The maximum absolute atomic E-state index is 12.1. The molecule has 1 rings (SSSR count). The fourth-order valence-corrected chi connectivity index (χ4v) is 3.21. The van der Waals surface area contributed by atoms with Crippen LogP contribution in [0.2, 0.25) is 5.02 Å². The Labute approximate surface area is 117 Å². The number of carbonyl (C=O) groups is 1. The molecule has 0 saturated carbocycles. The summed E-state index contributed by atoms with van der Waals surface area (Å²) in [6.07, 6.45) is 0. The highest BCUT2D eigenvalue weighted by Gasteiger charge is 2.34. The largest absolute Gasteiger partial charge is 0.480 e. The topological polar surface area (TPSA) is 74.7 Å². The molecule has 0 amide bonds. The van der Waals surface area contributed by atoms with Crippen LogP contribution in [0.15, 0.2) is 24.3 Å². The highest BCUT2D eigenvalue weighted by atomic mass is 35.5. The Kier molecular flexibility index (Phi) is 4.95. The van der Waals surface area contributed by atoms with Gasteiger partial charge in [0.05, 0.1) is 0 Å². The fourth-order valence-electron chi connectivity index (χ4n) is 1.61. The third-order valence-electron chi connectivity index (χ3n) is 3.10. The molecule has 1 aromatic rings. The van der Waals surface area contributed by atoms with Gasteiger partial charge in [-0.05, 0) is 25.5 Å². The van der Waals surface area contributed by atoms with Crippen LogP contribution in [0.25, 0.3) is 0 Å². The van der Waals surface area contributed by atoms with E-state index in [2.05, 4.69) is 0 Å². The van der Waals surface area contributed by atoms with Crippen molar-refractivity contribution in [1.82, 2.24) is 4.31 Å². The summed E-state index contributed by atoms with van der Waals surface area (Å²) in [5, 5.41) is 7.79. The maximum Gasteiger partial charge on any atom is 0.323 e. The van der Waals surface area contributed by atoms with Crippen molar-refractivity contribution in [3.63, 3.8) is 0 Å². The average Bonchev–Trinajstić information content (AvgIpc) is 2.36. The zero-order chi connectivity index (χ0) is 14.8. The Morgan fingerprint density at radius 2 is 1.84 bits per heavy atom. The van der Waals surface area contributed by atoms with Gasteiger partial charge in [-0.25, -0.2) is 8.42 Å². The number of rotatable bonds is 5. The van der Waals surface area contributed by atoms with E-state index in [4.69, 9.17) is 16.7 Å². The molecule has 1 N–H and O–H groups in total. The summed E-state index contributed by atoms with van der Waals surface area (Å²) in [6, 6.07) is 6.32. The van der Waals surface area contributed by atoms with Gasteiger partial charge in [-0.1, -0.05) is 29.8 Å². The predicted octanol–water partition coefficient (Wildman–Crippen LogP) is 2.14. The van der Waals surface area contributed by atoms with Crippen LogP contribution >= 0.6 is 11.6 Å². The molecule has 0 aliphatic carbocycles. The van der Waals surface area contributed by atoms with Crippen molar-refractivity contribution in [2.75, 3.05) is 7.05 Å². The molecule has 0 spiro atoms. The molecular formula is C12H16ClNO4S. The summed E-state index contributed by atoms with van der Waals surface area (Å²) in [5.41, 5.74) is 0.632. The first-order chi connectivity index (χ1) is 8.69. The molecule has 2 unspecified atom stereocenters. The van der Waals surface area contributed by atoms with Crippen molar-refractivity contribution in [2.45, 2.75) is 25.1 Å². The van der Waals surface area contributed by atoms with Crippen LogP contribution in [0.3, 0.4) is 0 Å². The first kappa shape index (κ1) is 15.9. The number of aliphatic carboxylic acids is 1. The van der Waals surface area contributed by atoms with Crippen LogP contribution in [0.4, 0.5) is 0 Å². The molecule has 7 heteroatoms. The van der Waals surface area contributed by atoms with Crippen LogP contribution in [-0.2, 0) is 14.8 Å². The van der Waals surface area contributed by atoms with Gasteiger partial charge in [0.15, 0.2) is 5.25 Å². The van der Waals surface area contributed by atoms with Crippen LogP contribution < -0.4 is 0 Å². The van der Waals surface area contributed by atoms with Gasteiger partial charge in [-0.3, -0.25) is 4.79 Å². The number of halogens is 1. The van der Waals surface area contributed by atoms with Crippen LogP contribution in [0, 0.1) is 0 Å². The molecule has 0 fully saturated rings. The lowest BCUT2D eigenvalue weighted by atomic mass is 10.1. The van der Waals surface area contributed by atoms with Crippen molar-refractivity contribution < 1.29 is 18.3 Å². The zero-order valence-corrected chi connectivity index (χ0v) is 12.4. The highest BCUT2D eigenvalue weighted by molar-refractivity contribution is 7.90. The standard InChI is InChI=1S/C12H16ClNO4S/c1-8(10-6-4-5-7-11(10)13)14(3)19(17,18)9(2)12(15)16/h4-9H,1-3H3,(H,15,16). The van der Waals surface area contributed by atoms with Crippen molar-refractivity contribution in [2.24, 2.45) is 0 Å². The smallest absolute Gasteiger partial charge is 0.323 e. The van der Waals surface area contributed by atoms with Gasteiger partial charge in [-0.2, -0.15) is 4.31 Å². The number of hydrogen-bond donors (Lipinski definition) is 1. The average molecular weight is 306 g/mol. The van der Waals surface area contributed by atoms with E-state index in [0.717, 1.165) is 11.2 Å². The van der Waals surface area contributed by atoms with Gasteiger partial charge in [0, 0.05) is 18.1 Å². The molecule has 0 bridgehead atoms. The number of nitrogens with zero attached hydrogens (tertiary/aromatic N) is 1. The number of sulfonamides is 1. The maximum atomic E-state index is 12.1. The summed E-state index contributed by atoms with van der Waals surface area (Å²) in [7, 11) is -2.58. The Morgan fingerprint density at radius 1 is 1.32 bits per heavy atom. The number of benzene rings is 1. The summed E-state index contributed by atoms with van der Waals surface area (Å²) in [6.45, 7) is 2.81. The summed E-state index contributed by atoms with van der Waals surface area (Å²) < 4.78 is 25.2. The first-order valence-electron chi connectivity index (χ1n) is 5.63. The van der Waals surface area contributed by atoms with Crippen LogP contribution in [0.5, 0.6) is 0 Å². The van der Waals surface area contributed by atoms with Crippen LogP contribution in [0.1, 0.15) is 25.5 Å². The molecule has 2 atom stereocenters. The summed E-state index contributed by atoms with van der Waals surface area (Å²) in [4.78, 5) is 10.8. The molecule has 0 aliphatic rings. The minimum Gasteiger partial charge on any atom is -0.480 e. The monoisotopic (exact) mass is 305 g/mol. The third-order valence-corrected chi connectivity index (χ3v) is 5.66. The Balaban J connectivity index is 3.11. The van der Waals surface area contributed by atoms with Crippen molar-refractivity contribution in [1.29, 1.82) is 0 Å². The normalized spacial score (nSPS) is 15.2. The molecule has 0 saturated heterocycles. The number of carboxylic acids is 1. The lowest BCUT2D eigenvalue weighted by Crippen LogP contribution is -2.40. The number of hydrogen-bond acceptors (Lipinski definition) is 3. The zero-order valence-electron chi connectivity index (χ0n) is 10.9. The molecule has 0 radical (unpaired) electrons. The minimum absolute atomic E-state index is 0.444. The molecular weight excluding hydrogens is 290 g/mol. The molecule has 19 heavy (non-hydrogen) atoms. The first-order valence-corrected chi connectivity index (χ1v) is 7.51. The lowest BCUT2D eigenvalue weighted by Gasteiger charge is -2.26. The molecule has 106 valence electrons. The second kappa shape index (κ2) is 5.90. The highest BCUT2D eigenvalue weighted by Crippen LogP contribution is 2.28. The quantitative estimate of drug-likeness (QED) is 0.904. The van der Waals surface area contributed by atoms with E-state index >= 15 is 0 Å². The lowest BCUT2D eigenvalue weighted by molar-refractivity contribution is -0.136. The van der Waals surface area contributed by atoms with Gasteiger partial charge in [-0.15, -0.1) is 0 Å². The van der Waals surface area contributed by atoms with Gasteiger partial charge in [0.2, 0.25) is 10.0 Å². The summed E-state index contributed by atoms with van der Waals surface area (Å²) in [5.74, 6) is -1.38. The molecule has 0 heterocycles. The predicted molar refractivity (Wildman–Crippen MR) is 73.6 cm³/mol. The fraction of sp³-hybridized carbons (Fsp3) is 0.417. The Bertz CT molecular complexity index is 573. The van der Waals surface area contributed by atoms with E-state index < -0.39 is 27.3 Å². The van der Waals surface area contributed by atoms with E-state index in [-0.39, 0.29) is 0 Å². The Morgan fingerprint density at radius 3 is 2.32 bits per heavy atom. The van der Waals surface area contributed by atoms with E-state index in [1.54, 1.807) is 31.2 Å². The van der Waals surface area contributed by atoms with Crippen molar-refractivity contribution in [3.8, 4) is 0 Å². The van der Waals surface area contributed by atoms with Gasteiger partial charge in [0.1, 0.15) is 0 Å². The van der Waals surface area contributed by atoms with E-state index in [0.29, 0.717) is 10.6 Å². The molecule has 5 nitrogen and oxygen atoms in total. The molecule has 1 aromatic carbocycles. The molecule has 0 aromatic heterocycles. The third kappa shape index (κ3) is 3.26. The van der Waals surface area contributed by atoms with Crippen molar-refractivity contribution in [3.05, 3.63) is 34.9 Å². The SMILES string of the molecule is CC(c1ccccc1Cl)N(C)S(=O)(=O)C(C)C(=O)O. The van der Waals surface area contributed by atoms with Gasteiger partial charge in [0.25, 0.3) is 0 Å². The molecule has 0 aliphatic heterocycles. The van der Waals surface area contributed by atoms with E-state index in [1.165, 1.54) is 7.05 Å². The van der Waals surface area contributed by atoms with E-state index in [9.17, 15) is 13.2 Å². The van der Waals surface area contributed by atoms with Crippen molar-refractivity contribution >= 4 is 27.6 Å². The Hall–Kier alpha value is -1.11. The second-order valence-electron chi connectivity index (χ2n) is 4.24. The van der Waals surface area contributed by atoms with Gasteiger partial charge >= 0.3 is 5.97 Å². The summed E-state index contributed by atoms with van der Waals surface area (Å²) >= 11 is 6.02. The van der Waals surface area contributed by atoms with E-state index in [1.807, 2.05) is 0 Å². The van der Waals surface area contributed by atoms with Gasteiger partial charge < -0.3 is 5.11 Å². The van der Waals surface area contributed by atoms with Crippen LogP contribution in [-0.4, -0.2) is 36.1 Å².